The number of halogens is 1. The molecule has 2 N–H and O–H groups in total. The zero-order chi connectivity index (χ0) is 14.9. The number of carbonyl (C=O) groups is 2. The second-order valence-corrected chi connectivity index (χ2v) is 6.93. The highest BCUT2D eigenvalue weighted by Gasteiger charge is 2.40. The molecule has 2 saturated heterocycles. The smallest absolute Gasteiger partial charge is 0.242 e. The molecule has 1 saturated carbocycles. The number of nitrogens with zero attached hydrogens (tertiary/aromatic N) is 2. The lowest BCUT2D eigenvalue weighted by molar-refractivity contribution is -0.140. The monoisotopic (exact) mass is 329 g/mol. The molecule has 0 spiro atoms. The highest BCUT2D eigenvalue weighted by molar-refractivity contribution is 5.86. The first kappa shape index (κ1) is 17.5. The first-order valence-corrected chi connectivity index (χ1v) is 8.48. The average Bonchev–Trinajstić information content (AvgIpc) is 2.93. The van der Waals surface area contributed by atoms with Crippen LogP contribution in [0.2, 0.25) is 0 Å². The molecule has 3 rings (SSSR count). The Hall–Kier alpha value is -0.810. The third-order valence-corrected chi connectivity index (χ3v) is 5.47. The predicted molar refractivity (Wildman–Crippen MR) is 87.8 cm³/mol. The lowest BCUT2D eigenvalue weighted by Crippen LogP contribution is -2.58. The number of carbonyl (C=O) groups excluding carboxylic acids is 2. The minimum absolute atomic E-state index is 0. The fourth-order valence-electron chi connectivity index (χ4n) is 4.15. The van der Waals surface area contributed by atoms with Gasteiger partial charge in [-0.15, -0.1) is 12.4 Å². The van der Waals surface area contributed by atoms with Gasteiger partial charge in [0.2, 0.25) is 11.8 Å². The molecule has 3 aliphatic rings. The van der Waals surface area contributed by atoms with Gasteiger partial charge in [0, 0.05) is 32.1 Å². The average molecular weight is 330 g/mol. The third kappa shape index (κ3) is 3.40. The Morgan fingerprint density at radius 2 is 1.68 bits per heavy atom. The van der Waals surface area contributed by atoms with Crippen LogP contribution >= 0.6 is 12.4 Å². The van der Waals surface area contributed by atoms with Crippen molar-refractivity contribution in [1.29, 1.82) is 0 Å². The van der Waals surface area contributed by atoms with Crippen LogP contribution < -0.4 is 5.73 Å². The molecule has 0 aromatic heterocycles. The van der Waals surface area contributed by atoms with E-state index < -0.39 is 5.54 Å². The predicted octanol–water partition coefficient (Wildman–Crippen LogP) is 1.68. The van der Waals surface area contributed by atoms with E-state index in [-0.39, 0.29) is 18.3 Å². The van der Waals surface area contributed by atoms with Gasteiger partial charge in [0.25, 0.3) is 0 Å². The molecule has 2 heterocycles. The maximum Gasteiger partial charge on any atom is 0.242 e. The van der Waals surface area contributed by atoms with Crippen LogP contribution in [0.5, 0.6) is 0 Å². The maximum absolute atomic E-state index is 12.7. The van der Waals surface area contributed by atoms with Crippen molar-refractivity contribution in [2.24, 2.45) is 5.73 Å². The number of piperidine rings is 1. The molecule has 2 amide bonds. The first-order chi connectivity index (χ1) is 10.1. The number of nitrogens with two attached hydrogens (primary N) is 1. The summed E-state index contributed by atoms with van der Waals surface area (Å²) in [6.07, 6.45) is 8.51. The minimum Gasteiger partial charge on any atom is -0.341 e. The van der Waals surface area contributed by atoms with Gasteiger partial charge in [-0.2, -0.15) is 0 Å². The molecule has 0 atom stereocenters. The molecule has 126 valence electrons. The van der Waals surface area contributed by atoms with E-state index in [2.05, 4.69) is 0 Å². The van der Waals surface area contributed by atoms with E-state index >= 15 is 0 Å². The summed E-state index contributed by atoms with van der Waals surface area (Å²) < 4.78 is 0. The van der Waals surface area contributed by atoms with Crippen LogP contribution in [0.25, 0.3) is 0 Å². The van der Waals surface area contributed by atoms with E-state index in [4.69, 9.17) is 5.73 Å². The van der Waals surface area contributed by atoms with Crippen LogP contribution in [0.4, 0.5) is 0 Å². The summed E-state index contributed by atoms with van der Waals surface area (Å²) in [5.41, 5.74) is 5.74. The van der Waals surface area contributed by atoms with Crippen molar-refractivity contribution in [2.45, 2.75) is 69.4 Å². The Kier molecular flexibility index (Phi) is 5.72. The van der Waals surface area contributed by atoms with Gasteiger partial charge in [-0.25, -0.2) is 0 Å². The quantitative estimate of drug-likeness (QED) is 0.838. The van der Waals surface area contributed by atoms with Gasteiger partial charge in [-0.3, -0.25) is 9.59 Å². The zero-order valence-electron chi connectivity index (χ0n) is 13.3. The van der Waals surface area contributed by atoms with E-state index in [1.54, 1.807) is 0 Å². The Morgan fingerprint density at radius 1 is 1.05 bits per heavy atom. The standard InChI is InChI=1S/C16H27N3O2.ClH/c17-16(8-2-1-3-9-16)15(21)18-11-6-13(7-12-18)19-10-4-5-14(19)20;/h13H,1-12,17H2;1H. The first-order valence-electron chi connectivity index (χ1n) is 8.48. The van der Waals surface area contributed by atoms with Crippen molar-refractivity contribution in [1.82, 2.24) is 9.80 Å². The fourth-order valence-corrected chi connectivity index (χ4v) is 4.15. The number of likely N-dealkylation sites (tertiary alicyclic amines) is 2. The molecule has 0 radical (unpaired) electrons. The normalized spacial score (nSPS) is 26.0. The second kappa shape index (κ2) is 7.18. The summed E-state index contributed by atoms with van der Waals surface area (Å²) in [5.74, 6) is 0.441. The number of hydrogen-bond acceptors (Lipinski definition) is 3. The summed E-state index contributed by atoms with van der Waals surface area (Å²) >= 11 is 0. The van der Waals surface area contributed by atoms with Crippen LogP contribution in [0, 0.1) is 0 Å². The van der Waals surface area contributed by atoms with Crippen molar-refractivity contribution in [3.63, 3.8) is 0 Å². The Morgan fingerprint density at radius 3 is 2.23 bits per heavy atom. The highest BCUT2D eigenvalue weighted by atomic mass is 35.5. The summed E-state index contributed by atoms with van der Waals surface area (Å²) in [6.45, 7) is 2.41. The summed E-state index contributed by atoms with van der Waals surface area (Å²) in [6, 6.07) is 0.337. The van der Waals surface area contributed by atoms with Crippen molar-refractivity contribution in [3.05, 3.63) is 0 Å². The Labute approximate surface area is 139 Å². The molecule has 0 bridgehead atoms. The van der Waals surface area contributed by atoms with Crippen molar-refractivity contribution < 1.29 is 9.59 Å². The Bertz CT molecular complexity index is 416. The molecule has 22 heavy (non-hydrogen) atoms. The van der Waals surface area contributed by atoms with E-state index in [9.17, 15) is 9.59 Å². The summed E-state index contributed by atoms with van der Waals surface area (Å²) in [7, 11) is 0. The molecule has 5 nitrogen and oxygen atoms in total. The van der Waals surface area contributed by atoms with Gasteiger partial charge in [0.05, 0.1) is 5.54 Å². The van der Waals surface area contributed by atoms with Crippen LogP contribution in [-0.4, -0.2) is 52.8 Å². The summed E-state index contributed by atoms with van der Waals surface area (Å²) in [4.78, 5) is 28.5. The van der Waals surface area contributed by atoms with Crippen LogP contribution in [0.1, 0.15) is 57.8 Å². The van der Waals surface area contributed by atoms with E-state index in [0.29, 0.717) is 18.4 Å². The maximum atomic E-state index is 12.7. The molecule has 0 aromatic carbocycles. The van der Waals surface area contributed by atoms with Gasteiger partial charge in [-0.05, 0) is 32.1 Å². The lowest BCUT2D eigenvalue weighted by Gasteiger charge is -2.41. The van der Waals surface area contributed by atoms with Gasteiger partial charge in [0.15, 0.2) is 0 Å². The lowest BCUT2D eigenvalue weighted by atomic mass is 9.81. The SMILES string of the molecule is Cl.NC1(C(=O)N2CCC(N3CCCC3=O)CC2)CCCCC1. The number of amides is 2. The summed E-state index contributed by atoms with van der Waals surface area (Å²) in [5, 5.41) is 0. The number of hydrogen-bond donors (Lipinski definition) is 1. The van der Waals surface area contributed by atoms with Gasteiger partial charge in [-0.1, -0.05) is 19.3 Å². The minimum atomic E-state index is -0.617. The van der Waals surface area contributed by atoms with Crippen molar-refractivity contribution in [3.8, 4) is 0 Å². The van der Waals surface area contributed by atoms with Gasteiger partial charge in [0.1, 0.15) is 0 Å². The van der Waals surface area contributed by atoms with Gasteiger partial charge >= 0.3 is 0 Å². The molecule has 3 fully saturated rings. The van der Waals surface area contributed by atoms with Crippen LogP contribution in [0.3, 0.4) is 0 Å². The van der Waals surface area contributed by atoms with Crippen LogP contribution in [-0.2, 0) is 9.59 Å². The largest absolute Gasteiger partial charge is 0.341 e. The molecular formula is C16H28ClN3O2. The van der Waals surface area contributed by atoms with Crippen molar-refractivity contribution >= 4 is 24.2 Å². The van der Waals surface area contributed by atoms with E-state index in [0.717, 1.165) is 64.6 Å². The number of rotatable bonds is 2. The molecule has 1 aliphatic carbocycles. The molecular weight excluding hydrogens is 302 g/mol. The van der Waals surface area contributed by atoms with E-state index in [1.165, 1.54) is 6.42 Å². The molecule has 2 aliphatic heterocycles. The van der Waals surface area contributed by atoms with E-state index in [1.807, 2.05) is 9.80 Å². The zero-order valence-corrected chi connectivity index (χ0v) is 14.1. The molecule has 0 unspecified atom stereocenters. The molecule has 0 aromatic rings. The highest BCUT2D eigenvalue weighted by Crippen LogP contribution is 2.29. The fraction of sp³-hybridized carbons (Fsp3) is 0.875. The second-order valence-electron chi connectivity index (χ2n) is 6.93. The third-order valence-electron chi connectivity index (χ3n) is 5.47. The Balaban J connectivity index is 0.00000176. The van der Waals surface area contributed by atoms with Crippen LogP contribution in [0.15, 0.2) is 0 Å². The molecule has 6 heteroatoms. The van der Waals surface area contributed by atoms with Crippen molar-refractivity contribution in [2.75, 3.05) is 19.6 Å². The topological polar surface area (TPSA) is 66.6 Å². The van der Waals surface area contributed by atoms with Gasteiger partial charge < -0.3 is 15.5 Å².